The van der Waals surface area contributed by atoms with Gasteiger partial charge >= 0.3 is 0 Å². The molecular formula is C12H8N4O. The highest BCUT2D eigenvalue weighted by Gasteiger charge is 2.12. The first-order valence-electron chi connectivity index (χ1n) is 4.93. The van der Waals surface area contributed by atoms with Gasteiger partial charge in [0.1, 0.15) is 5.69 Å². The molecule has 1 aromatic carbocycles. The second-order valence-electron chi connectivity index (χ2n) is 3.25. The van der Waals surface area contributed by atoms with Gasteiger partial charge in [-0.15, -0.1) is 0 Å². The van der Waals surface area contributed by atoms with Gasteiger partial charge < -0.3 is 0 Å². The Hall–Kier alpha value is -2.65. The van der Waals surface area contributed by atoms with E-state index in [1.165, 1.54) is 0 Å². The third kappa shape index (κ3) is 2.30. The maximum absolute atomic E-state index is 12.1. The molecule has 0 fully saturated rings. The average molecular weight is 224 g/mol. The van der Waals surface area contributed by atoms with Crippen molar-refractivity contribution < 1.29 is 4.79 Å². The number of nitrogens with zero attached hydrogens (tertiary/aromatic N) is 4. The normalized spacial score (nSPS) is 9.41. The van der Waals surface area contributed by atoms with Crippen LogP contribution in [0.15, 0.2) is 53.8 Å². The average Bonchev–Trinajstić information content (AvgIpc) is 2.40. The minimum absolute atomic E-state index is 0.256. The fraction of sp³-hybridized carbons (Fsp3) is 0. The molecule has 5 nitrogen and oxygen atoms in total. The first-order valence-corrected chi connectivity index (χ1v) is 4.93. The zero-order valence-corrected chi connectivity index (χ0v) is 8.82. The summed E-state index contributed by atoms with van der Waals surface area (Å²) in [6.45, 7) is 0. The highest BCUT2D eigenvalue weighted by molar-refractivity contribution is 6.10. The highest BCUT2D eigenvalue weighted by atomic mass is 16.1. The molecule has 0 radical (unpaired) electrons. The van der Waals surface area contributed by atoms with Gasteiger partial charge in [0, 0.05) is 22.4 Å². The molecule has 82 valence electrons. The van der Waals surface area contributed by atoms with Gasteiger partial charge in [-0.2, -0.15) is 0 Å². The standard InChI is InChI=1S/C12H8N4O/c13-16-15-10-6-2-1-5-9(10)12(17)11-7-3-4-8-14-11/h1-8H. The molecule has 0 spiro atoms. The fourth-order valence-electron chi connectivity index (χ4n) is 1.44. The van der Waals surface area contributed by atoms with Crippen LogP contribution in [0.3, 0.4) is 0 Å². The number of pyridine rings is 1. The number of hydrogen-bond donors (Lipinski definition) is 0. The van der Waals surface area contributed by atoms with Crippen LogP contribution in [-0.2, 0) is 0 Å². The van der Waals surface area contributed by atoms with Gasteiger partial charge in [-0.05, 0) is 17.7 Å². The topological polar surface area (TPSA) is 78.7 Å². The van der Waals surface area contributed by atoms with E-state index >= 15 is 0 Å². The zero-order chi connectivity index (χ0) is 12.1. The minimum Gasteiger partial charge on any atom is -0.287 e. The summed E-state index contributed by atoms with van der Waals surface area (Å²) in [4.78, 5) is 18.8. The van der Waals surface area contributed by atoms with E-state index < -0.39 is 0 Å². The molecular weight excluding hydrogens is 216 g/mol. The molecule has 2 aromatic rings. The van der Waals surface area contributed by atoms with Crippen molar-refractivity contribution >= 4 is 11.5 Å². The summed E-state index contributed by atoms with van der Waals surface area (Å²) >= 11 is 0. The lowest BCUT2D eigenvalue weighted by Crippen LogP contribution is -2.03. The Labute approximate surface area is 97.4 Å². The van der Waals surface area contributed by atoms with Crippen molar-refractivity contribution in [3.05, 3.63) is 70.4 Å². The van der Waals surface area contributed by atoms with Gasteiger partial charge in [-0.25, -0.2) is 0 Å². The molecule has 0 N–H and O–H groups in total. The van der Waals surface area contributed by atoms with Crippen LogP contribution in [0, 0.1) is 0 Å². The summed E-state index contributed by atoms with van der Waals surface area (Å²) in [5.41, 5.74) is 9.42. The lowest BCUT2D eigenvalue weighted by molar-refractivity contribution is 0.103. The van der Waals surface area contributed by atoms with Gasteiger partial charge in [-0.3, -0.25) is 9.78 Å². The Bertz CT molecular complexity index is 588. The van der Waals surface area contributed by atoms with Crippen LogP contribution < -0.4 is 0 Å². The molecule has 17 heavy (non-hydrogen) atoms. The van der Waals surface area contributed by atoms with E-state index in [0.717, 1.165) is 0 Å². The van der Waals surface area contributed by atoms with Crippen LogP contribution in [-0.4, -0.2) is 10.8 Å². The molecule has 0 aliphatic rings. The Morgan fingerprint density at radius 1 is 1.18 bits per heavy atom. The number of benzene rings is 1. The number of azide groups is 1. The molecule has 0 bridgehead atoms. The maximum atomic E-state index is 12.1. The minimum atomic E-state index is -0.256. The maximum Gasteiger partial charge on any atom is 0.211 e. The molecule has 0 aliphatic carbocycles. The molecule has 0 atom stereocenters. The summed E-state index contributed by atoms with van der Waals surface area (Å²) in [6, 6.07) is 11.7. The summed E-state index contributed by atoms with van der Waals surface area (Å²) in [7, 11) is 0. The van der Waals surface area contributed by atoms with Gasteiger partial charge in [0.05, 0.1) is 0 Å². The van der Waals surface area contributed by atoms with E-state index in [4.69, 9.17) is 5.53 Å². The zero-order valence-electron chi connectivity index (χ0n) is 8.82. The van der Waals surface area contributed by atoms with Crippen LogP contribution in [0.4, 0.5) is 5.69 Å². The third-order valence-corrected chi connectivity index (χ3v) is 2.20. The number of aromatic nitrogens is 1. The largest absolute Gasteiger partial charge is 0.287 e. The predicted molar refractivity (Wildman–Crippen MR) is 62.9 cm³/mol. The smallest absolute Gasteiger partial charge is 0.211 e. The first-order chi connectivity index (χ1) is 8.33. The van der Waals surface area contributed by atoms with Gasteiger partial charge in [-0.1, -0.05) is 35.4 Å². The lowest BCUT2D eigenvalue weighted by Gasteiger charge is -2.02. The van der Waals surface area contributed by atoms with E-state index in [2.05, 4.69) is 15.0 Å². The Morgan fingerprint density at radius 3 is 2.65 bits per heavy atom. The van der Waals surface area contributed by atoms with Crippen LogP contribution in [0.2, 0.25) is 0 Å². The Balaban J connectivity index is 2.48. The Kier molecular flexibility index (Phi) is 3.14. The molecule has 0 saturated heterocycles. The van der Waals surface area contributed by atoms with E-state index in [-0.39, 0.29) is 5.78 Å². The second-order valence-corrected chi connectivity index (χ2v) is 3.25. The van der Waals surface area contributed by atoms with Crippen molar-refractivity contribution in [3.8, 4) is 0 Å². The van der Waals surface area contributed by atoms with E-state index in [1.54, 1.807) is 48.7 Å². The summed E-state index contributed by atoms with van der Waals surface area (Å²) in [6.07, 6.45) is 1.55. The highest BCUT2D eigenvalue weighted by Crippen LogP contribution is 2.21. The molecule has 1 aromatic heterocycles. The molecule has 5 heteroatoms. The monoisotopic (exact) mass is 224 g/mol. The quantitative estimate of drug-likeness (QED) is 0.347. The summed E-state index contributed by atoms with van der Waals surface area (Å²) in [5, 5.41) is 3.49. The molecule has 1 heterocycles. The number of carbonyl (C=O) groups is 1. The third-order valence-electron chi connectivity index (χ3n) is 2.20. The molecule has 2 rings (SSSR count). The number of rotatable bonds is 3. The SMILES string of the molecule is [N-]=[N+]=Nc1ccccc1C(=O)c1ccccn1. The van der Waals surface area contributed by atoms with Crippen molar-refractivity contribution in [2.24, 2.45) is 5.11 Å². The van der Waals surface area contributed by atoms with Crippen LogP contribution in [0.1, 0.15) is 16.1 Å². The summed E-state index contributed by atoms with van der Waals surface area (Å²) < 4.78 is 0. The molecule has 0 saturated carbocycles. The Morgan fingerprint density at radius 2 is 1.94 bits per heavy atom. The van der Waals surface area contributed by atoms with E-state index in [9.17, 15) is 4.79 Å². The van der Waals surface area contributed by atoms with Gasteiger partial charge in [0.25, 0.3) is 0 Å². The number of hydrogen-bond acceptors (Lipinski definition) is 3. The van der Waals surface area contributed by atoms with Gasteiger partial charge in [0.15, 0.2) is 0 Å². The second kappa shape index (κ2) is 4.92. The van der Waals surface area contributed by atoms with Crippen molar-refractivity contribution in [2.75, 3.05) is 0 Å². The van der Waals surface area contributed by atoms with Crippen LogP contribution >= 0.6 is 0 Å². The fourth-order valence-corrected chi connectivity index (χ4v) is 1.44. The van der Waals surface area contributed by atoms with Crippen LogP contribution in [0.25, 0.3) is 10.4 Å². The van der Waals surface area contributed by atoms with Crippen molar-refractivity contribution in [1.29, 1.82) is 0 Å². The number of carbonyl (C=O) groups excluding carboxylic acids is 1. The van der Waals surface area contributed by atoms with E-state index in [1.807, 2.05) is 0 Å². The van der Waals surface area contributed by atoms with Gasteiger partial charge in [0.2, 0.25) is 5.78 Å². The van der Waals surface area contributed by atoms with E-state index in [0.29, 0.717) is 16.9 Å². The number of ketones is 1. The lowest BCUT2D eigenvalue weighted by atomic mass is 10.1. The van der Waals surface area contributed by atoms with Crippen molar-refractivity contribution in [1.82, 2.24) is 4.98 Å². The summed E-state index contributed by atoms with van der Waals surface area (Å²) in [5.74, 6) is -0.256. The van der Waals surface area contributed by atoms with Crippen molar-refractivity contribution in [2.45, 2.75) is 0 Å². The van der Waals surface area contributed by atoms with Crippen molar-refractivity contribution in [3.63, 3.8) is 0 Å². The molecule has 0 amide bonds. The predicted octanol–water partition coefficient (Wildman–Crippen LogP) is 3.25. The molecule has 0 aliphatic heterocycles. The molecule has 0 unspecified atom stereocenters. The van der Waals surface area contributed by atoms with Crippen LogP contribution in [0.5, 0.6) is 0 Å². The first kappa shape index (κ1) is 10.9.